The second-order valence-electron chi connectivity index (χ2n) is 3.60. The molecule has 1 heterocycles. The summed E-state index contributed by atoms with van der Waals surface area (Å²) in [5.41, 5.74) is 6.17. The van der Waals surface area contributed by atoms with E-state index < -0.39 is 6.04 Å². The highest BCUT2D eigenvalue weighted by Gasteiger charge is 2.17. The first-order valence-corrected chi connectivity index (χ1v) is 5.07. The van der Waals surface area contributed by atoms with E-state index in [-0.39, 0.29) is 17.0 Å². The van der Waals surface area contributed by atoms with Crippen LogP contribution < -0.4 is 11.1 Å². The van der Waals surface area contributed by atoms with Crippen molar-refractivity contribution in [2.75, 3.05) is 5.32 Å². The van der Waals surface area contributed by atoms with Crippen molar-refractivity contribution in [3.8, 4) is 0 Å². The maximum Gasteiger partial charge on any atom is 0.241 e. The minimum atomic E-state index is -0.540. The Hall–Kier alpha value is -1.13. The van der Waals surface area contributed by atoms with Crippen LogP contribution in [0, 0.1) is 5.92 Å². The maximum absolute atomic E-state index is 11.6. The van der Waals surface area contributed by atoms with Gasteiger partial charge in [0.25, 0.3) is 0 Å². The van der Waals surface area contributed by atoms with E-state index in [0.29, 0.717) is 5.69 Å². The largest absolute Gasteiger partial charge is 0.322 e. The number of pyridine rings is 1. The number of amides is 1. The van der Waals surface area contributed by atoms with Crippen molar-refractivity contribution in [2.45, 2.75) is 19.9 Å². The van der Waals surface area contributed by atoms with Gasteiger partial charge in [0.2, 0.25) is 5.91 Å². The van der Waals surface area contributed by atoms with Crippen molar-refractivity contribution in [2.24, 2.45) is 11.7 Å². The number of halogens is 1. The third-order valence-electron chi connectivity index (χ3n) is 2.04. The normalized spacial score (nSPS) is 12.6. The Labute approximate surface area is 93.8 Å². The first-order valence-electron chi connectivity index (χ1n) is 4.69. The molecule has 0 unspecified atom stereocenters. The van der Waals surface area contributed by atoms with Crippen LogP contribution in [0.25, 0.3) is 0 Å². The molecule has 15 heavy (non-hydrogen) atoms. The van der Waals surface area contributed by atoms with Crippen LogP contribution >= 0.6 is 11.6 Å². The third kappa shape index (κ3) is 3.18. The number of rotatable bonds is 3. The van der Waals surface area contributed by atoms with Crippen LogP contribution in [0.3, 0.4) is 0 Å². The van der Waals surface area contributed by atoms with E-state index in [2.05, 4.69) is 10.3 Å². The topological polar surface area (TPSA) is 68.0 Å². The van der Waals surface area contributed by atoms with Crippen molar-refractivity contribution >= 4 is 23.2 Å². The van der Waals surface area contributed by atoms with Crippen LogP contribution in [-0.4, -0.2) is 16.9 Å². The molecule has 0 bridgehead atoms. The second kappa shape index (κ2) is 5.09. The van der Waals surface area contributed by atoms with Gasteiger partial charge in [-0.25, -0.2) is 4.98 Å². The van der Waals surface area contributed by atoms with Crippen molar-refractivity contribution in [1.29, 1.82) is 0 Å². The lowest BCUT2D eigenvalue weighted by Crippen LogP contribution is -2.39. The van der Waals surface area contributed by atoms with Gasteiger partial charge < -0.3 is 11.1 Å². The number of hydrogen-bond acceptors (Lipinski definition) is 3. The third-order valence-corrected chi connectivity index (χ3v) is 2.34. The summed E-state index contributed by atoms with van der Waals surface area (Å²) in [5, 5.41) is 2.90. The molecule has 0 aliphatic carbocycles. The lowest BCUT2D eigenvalue weighted by Gasteiger charge is -2.15. The number of nitrogens with one attached hydrogen (secondary N) is 1. The summed E-state index contributed by atoms with van der Waals surface area (Å²) in [4.78, 5) is 15.4. The van der Waals surface area contributed by atoms with Gasteiger partial charge in [-0.05, 0) is 18.1 Å². The molecule has 0 saturated heterocycles. The molecule has 0 spiro atoms. The van der Waals surface area contributed by atoms with E-state index in [1.165, 1.54) is 0 Å². The minimum Gasteiger partial charge on any atom is -0.322 e. The lowest BCUT2D eigenvalue weighted by molar-refractivity contribution is -0.118. The average molecular weight is 228 g/mol. The van der Waals surface area contributed by atoms with Crippen molar-refractivity contribution in [1.82, 2.24) is 4.98 Å². The number of nitrogens with two attached hydrogens (primary N) is 1. The fraction of sp³-hybridized carbons (Fsp3) is 0.400. The highest BCUT2D eigenvalue weighted by Crippen LogP contribution is 2.17. The molecule has 82 valence electrons. The first kappa shape index (κ1) is 11.9. The Balaban J connectivity index is 2.71. The number of nitrogens with zero attached hydrogens (tertiary/aromatic N) is 1. The molecule has 4 nitrogen and oxygen atoms in total. The van der Waals surface area contributed by atoms with Gasteiger partial charge in [-0.3, -0.25) is 4.79 Å². The molecular formula is C10H14ClN3O. The summed E-state index contributed by atoms with van der Waals surface area (Å²) in [6, 6.07) is 2.84. The summed E-state index contributed by atoms with van der Waals surface area (Å²) in [6.45, 7) is 3.77. The summed E-state index contributed by atoms with van der Waals surface area (Å²) in [7, 11) is 0. The molecule has 1 amide bonds. The Bertz CT molecular complexity index is 354. The van der Waals surface area contributed by atoms with Crippen LogP contribution in [-0.2, 0) is 4.79 Å². The van der Waals surface area contributed by atoms with Gasteiger partial charge >= 0.3 is 0 Å². The molecule has 1 aromatic heterocycles. The smallest absolute Gasteiger partial charge is 0.241 e. The van der Waals surface area contributed by atoms with E-state index in [9.17, 15) is 4.79 Å². The molecule has 0 saturated carbocycles. The molecule has 1 rings (SSSR count). The Morgan fingerprint density at radius 2 is 2.27 bits per heavy atom. The molecule has 0 fully saturated rings. The highest BCUT2D eigenvalue weighted by molar-refractivity contribution is 6.32. The summed E-state index contributed by atoms with van der Waals surface area (Å²) in [5.74, 6) is -0.166. The van der Waals surface area contributed by atoms with E-state index >= 15 is 0 Å². The van der Waals surface area contributed by atoms with Crippen molar-refractivity contribution in [3.63, 3.8) is 0 Å². The number of carbonyl (C=O) groups is 1. The van der Waals surface area contributed by atoms with Gasteiger partial charge in [0.05, 0.1) is 11.7 Å². The van der Waals surface area contributed by atoms with Crippen LogP contribution in [0.4, 0.5) is 5.69 Å². The fourth-order valence-corrected chi connectivity index (χ4v) is 1.16. The predicted molar refractivity (Wildman–Crippen MR) is 60.7 cm³/mol. The van der Waals surface area contributed by atoms with Crippen LogP contribution in [0.5, 0.6) is 0 Å². The number of carbonyl (C=O) groups excluding carboxylic acids is 1. The van der Waals surface area contributed by atoms with Gasteiger partial charge in [0.1, 0.15) is 0 Å². The fourth-order valence-electron chi connectivity index (χ4n) is 0.998. The van der Waals surface area contributed by atoms with E-state index in [1.54, 1.807) is 18.3 Å². The number of aromatic nitrogens is 1. The van der Waals surface area contributed by atoms with Gasteiger partial charge in [-0.1, -0.05) is 25.4 Å². The maximum atomic E-state index is 11.6. The van der Waals surface area contributed by atoms with E-state index in [1.807, 2.05) is 13.8 Å². The van der Waals surface area contributed by atoms with Crippen LogP contribution in [0.2, 0.25) is 5.15 Å². The summed E-state index contributed by atoms with van der Waals surface area (Å²) >= 11 is 5.79. The zero-order chi connectivity index (χ0) is 11.4. The minimum absolute atomic E-state index is 0.0837. The zero-order valence-corrected chi connectivity index (χ0v) is 9.45. The SMILES string of the molecule is CC(C)[C@H](N)C(=O)Nc1cccnc1Cl. The van der Waals surface area contributed by atoms with Crippen LogP contribution in [0.15, 0.2) is 18.3 Å². The number of hydrogen-bond donors (Lipinski definition) is 2. The van der Waals surface area contributed by atoms with Crippen molar-refractivity contribution < 1.29 is 4.79 Å². The van der Waals surface area contributed by atoms with Crippen LogP contribution in [0.1, 0.15) is 13.8 Å². The standard InChI is InChI=1S/C10H14ClN3O/c1-6(2)8(12)10(15)14-7-4-3-5-13-9(7)11/h3-6,8H,12H2,1-2H3,(H,14,15)/t8-/m0/s1. The highest BCUT2D eigenvalue weighted by atomic mass is 35.5. The summed E-state index contributed by atoms with van der Waals surface area (Å²) in [6.07, 6.45) is 1.56. The van der Waals surface area contributed by atoms with Gasteiger partial charge in [0.15, 0.2) is 5.15 Å². The molecular weight excluding hydrogens is 214 g/mol. The van der Waals surface area contributed by atoms with Gasteiger partial charge in [-0.15, -0.1) is 0 Å². The van der Waals surface area contributed by atoms with E-state index in [4.69, 9.17) is 17.3 Å². The van der Waals surface area contributed by atoms with E-state index in [0.717, 1.165) is 0 Å². The second-order valence-corrected chi connectivity index (χ2v) is 3.96. The Morgan fingerprint density at radius 3 is 2.80 bits per heavy atom. The van der Waals surface area contributed by atoms with Crippen molar-refractivity contribution in [3.05, 3.63) is 23.5 Å². The molecule has 1 aromatic rings. The molecule has 0 aliphatic heterocycles. The molecule has 3 N–H and O–H groups in total. The number of anilines is 1. The quantitative estimate of drug-likeness (QED) is 0.772. The molecule has 0 radical (unpaired) electrons. The first-order chi connectivity index (χ1) is 7.02. The molecule has 1 atom stereocenters. The van der Waals surface area contributed by atoms with Gasteiger partial charge in [-0.2, -0.15) is 0 Å². The molecule has 0 aliphatic rings. The summed E-state index contributed by atoms with van der Waals surface area (Å²) < 4.78 is 0. The molecule has 0 aromatic carbocycles. The Morgan fingerprint density at radius 1 is 1.60 bits per heavy atom. The Kier molecular flexibility index (Phi) is 4.05. The van der Waals surface area contributed by atoms with Gasteiger partial charge in [0, 0.05) is 6.20 Å². The molecule has 5 heteroatoms. The average Bonchev–Trinajstić information content (AvgIpc) is 2.20. The lowest BCUT2D eigenvalue weighted by atomic mass is 10.1. The monoisotopic (exact) mass is 227 g/mol. The zero-order valence-electron chi connectivity index (χ0n) is 8.70. The predicted octanol–water partition coefficient (Wildman–Crippen LogP) is 1.66.